The summed E-state index contributed by atoms with van der Waals surface area (Å²) in [4.78, 5) is 0. The predicted octanol–water partition coefficient (Wildman–Crippen LogP) is 1.53. The molecule has 17 heavy (non-hydrogen) atoms. The van der Waals surface area contributed by atoms with Crippen LogP contribution in [0.1, 0.15) is 19.3 Å². The highest BCUT2D eigenvalue weighted by atomic mass is 32.2. The Labute approximate surface area is 106 Å². The van der Waals surface area contributed by atoms with E-state index in [-0.39, 0.29) is 6.61 Å². The maximum Gasteiger partial charge on any atom is 0.252 e. The second-order valence-corrected chi connectivity index (χ2v) is 7.43. The average Bonchev–Trinajstić information content (AvgIpc) is 2.84. The van der Waals surface area contributed by atoms with Crippen LogP contribution in [0, 0.1) is 5.92 Å². The Bertz CT molecular complexity index is 439. The second kappa shape index (κ2) is 5.48. The van der Waals surface area contributed by atoms with Crippen LogP contribution in [0.5, 0.6) is 0 Å². The van der Waals surface area contributed by atoms with Crippen LogP contribution in [-0.4, -0.2) is 37.5 Å². The molecule has 6 heteroatoms. The fourth-order valence-electron chi connectivity index (χ4n) is 2.20. The molecule has 96 valence electrons. The van der Waals surface area contributed by atoms with Gasteiger partial charge in [0, 0.05) is 19.7 Å². The van der Waals surface area contributed by atoms with Crippen molar-refractivity contribution in [1.82, 2.24) is 4.31 Å². The highest BCUT2D eigenvalue weighted by molar-refractivity contribution is 7.91. The molecule has 0 spiro atoms. The highest BCUT2D eigenvalue weighted by Crippen LogP contribution is 2.27. The van der Waals surface area contributed by atoms with Crippen LogP contribution >= 0.6 is 11.3 Å². The molecule has 1 aromatic heterocycles. The molecule has 2 rings (SSSR count). The minimum absolute atomic E-state index is 0.136. The number of hydrogen-bond acceptors (Lipinski definition) is 4. The van der Waals surface area contributed by atoms with Crippen LogP contribution in [0.15, 0.2) is 21.7 Å². The van der Waals surface area contributed by atoms with Crippen molar-refractivity contribution in [3.63, 3.8) is 0 Å². The fourth-order valence-corrected chi connectivity index (χ4v) is 4.90. The first-order chi connectivity index (χ1) is 8.14. The van der Waals surface area contributed by atoms with Gasteiger partial charge >= 0.3 is 0 Å². The summed E-state index contributed by atoms with van der Waals surface area (Å²) in [6, 6.07) is 3.41. The van der Waals surface area contributed by atoms with Gasteiger partial charge in [-0.2, -0.15) is 4.31 Å². The molecule has 1 fully saturated rings. The van der Waals surface area contributed by atoms with Crippen molar-refractivity contribution < 1.29 is 13.5 Å². The number of aliphatic hydroxyl groups is 1. The van der Waals surface area contributed by atoms with Crippen molar-refractivity contribution in [2.75, 3.05) is 19.7 Å². The van der Waals surface area contributed by atoms with Gasteiger partial charge in [-0.05, 0) is 36.6 Å². The molecule has 2 heterocycles. The summed E-state index contributed by atoms with van der Waals surface area (Å²) < 4.78 is 26.5. The van der Waals surface area contributed by atoms with Crippen LogP contribution in [0.2, 0.25) is 0 Å². The maximum atomic E-state index is 12.3. The summed E-state index contributed by atoms with van der Waals surface area (Å²) >= 11 is 1.26. The minimum Gasteiger partial charge on any atom is -0.396 e. The zero-order valence-corrected chi connectivity index (χ0v) is 11.2. The third-order valence-corrected chi connectivity index (χ3v) is 6.35. The number of aliphatic hydroxyl groups excluding tert-OH is 1. The molecule has 1 aliphatic heterocycles. The zero-order valence-electron chi connectivity index (χ0n) is 9.58. The molecule has 0 amide bonds. The second-order valence-electron chi connectivity index (χ2n) is 4.32. The number of nitrogens with zero attached hydrogens (tertiary/aromatic N) is 1. The van der Waals surface area contributed by atoms with E-state index < -0.39 is 10.0 Å². The lowest BCUT2D eigenvalue weighted by Gasteiger charge is -2.31. The van der Waals surface area contributed by atoms with Gasteiger partial charge in [-0.3, -0.25) is 0 Å². The highest BCUT2D eigenvalue weighted by Gasteiger charge is 2.30. The fraction of sp³-hybridized carbons (Fsp3) is 0.636. The van der Waals surface area contributed by atoms with Crippen LogP contribution in [0.4, 0.5) is 0 Å². The van der Waals surface area contributed by atoms with Gasteiger partial charge in [0.25, 0.3) is 10.0 Å². The van der Waals surface area contributed by atoms with Gasteiger partial charge in [0.15, 0.2) is 0 Å². The van der Waals surface area contributed by atoms with E-state index in [9.17, 15) is 8.42 Å². The molecule has 1 aliphatic rings. The number of sulfonamides is 1. The first-order valence-corrected chi connectivity index (χ1v) is 8.11. The molecule has 1 aromatic rings. The molecule has 0 bridgehead atoms. The van der Waals surface area contributed by atoms with Crippen LogP contribution in [0.3, 0.4) is 0 Å². The number of thiophene rings is 1. The maximum absolute atomic E-state index is 12.3. The van der Waals surface area contributed by atoms with E-state index >= 15 is 0 Å². The van der Waals surface area contributed by atoms with E-state index in [0.29, 0.717) is 29.6 Å². The Balaban J connectivity index is 2.12. The lowest BCUT2D eigenvalue weighted by molar-refractivity contribution is 0.203. The van der Waals surface area contributed by atoms with Gasteiger partial charge < -0.3 is 5.11 Å². The third kappa shape index (κ3) is 2.88. The van der Waals surface area contributed by atoms with E-state index in [4.69, 9.17) is 5.11 Å². The summed E-state index contributed by atoms with van der Waals surface area (Å²) in [6.45, 7) is 1.28. The zero-order chi connectivity index (χ0) is 12.3. The van der Waals surface area contributed by atoms with Crippen molar-refractivity contribution in [3.05, 3.63) is 17.5 Å². The van der Waals surface area contributed by atoms with Crippen LogP contribution < -0.4 is 0 Å². The van der Waals surface area contributed by atoms with E-state index in [0.717, 1.165) is 12.8 Å². The Morgan fingerprint density at radius 2 is 2.35 bits per heavy atom. The van der Waals surface area contributed by atoms with Crippen LogP contribution in [-0.2, 0) is 10.0 Å². The van der Waals surface area contributed by atoms with Gasteiger partial charge in [0.05, 0.1) is 0 Å². The van der Waals surface area contributed by atoms with Crippen LogP contribution in [0.25, 0.3) is 0 Å². The molecule has 4 nitrogen and oxygen atoms in total. The molecule has 0 radical (unpaired) electrons. The van der Waals surface area contributed by atoms with Gasteiger partial charge in [-0.25, -0.2) is 8.42 Å². The Hall–Kier alpha value is -0.430. The van der Waals surface area contributed by atoms with Gasteiger partial charge in [-0.15, -0.1) is 11.3 Å². The van der Waals surface area contributed by atoms with E-state index in [1.165, 1.54) is 11.3 Å². The Morgan fingerprint density at radius 3 is 3.00 bits per heavy atom. The van der Waals surface area contributed by atoms with Crippen molar-refractivity contribution in [3.8, 4) is 0 Å². The first-order valence-electron chi connectivity index (χ1n) is 5.79. The number of rotatable bonds is 4. The van der Waals surface area contributed by atoms with E-state index in [1.54, 1.807) is 21.8 Å². The summed E-state index contributed by atoms with van der Waals surface area (Å²) in [7, 11) is -3.30. The molecule has 0 aromatic carbocycles. The van der Waals surface area contributed by atoms with Gasteiger partial charge in [0.2, 0.25) is 0 Å². The van der Waals surface area contributed by atoms with Gasteiger partial charge in [0.1, 0.15) is 4.21 Å². The molecule has 1 saturated heterocycles. The molecular formula is C11H17NO3S2. The Morgan fingerprint density at radius 1 is 1.53 bits per heavy atom. The predicted molar refractivity (Wildman–Crippen MR) is 67.5 cm³/mol. The van der Waals surface area contributed by atoms with E-state index in [2.05, 4.69) is 0 Å². The monoisotopic (exact) mass is 275 g/mol. The van der Waals surface area contributed by atoms with Crippen molar-refractivity contribution in [1.29, 1.82) is 0 Å². The summed E-state index contributed by atoms with van der Waals surface area (Å²) in [6.07, 6.45) is 2.59. The molecule has 0 aliphatic carbocycles. The van der Waals surface area contributed by atoms with Gasteiger partial charge in [-0.1, -0.05) is 6.07 Å². The quantitative estimate of drug-likeness (QED) is 0.906. The normalized spacial score (nSPS) is 22.8. The lowest BCUT2D eigenvalue weighted by atomic mass is 9.97. The Kier molecular flexibility index (Phi) is 4.19. The van der Waals surface area contributed by atoms with E-state index in [1.807, 2.05) is 0 Å². The minimum atomic E-state index is -3.30. The van der Waals surface area contributed by atoms with Crippen molar-refractivity contribution in [2.45, 2.75) is 23.5 Å². The lowest BCUT2D eigenvalue weighted by Crippen LogP contribution is -2.39. The van der Waals surface area contributed by atoms with Crippen molar-refractivity contribution >= 4 is 21.4 Å². The molecular weight excluding hydrogens is 258 g/mol. The molecule has 1 N–H and O–H groups in total. The smallest absolute Gasteiger partial charge is 0.252 e. The standard InChI is InChI=1S/C11H17NO3S2/c13-7-5-10-3-1-6-12(9-10)17(14,15)11-4-2-8-16-11/h2,4,8,10,13H,1,3,5-7,9H2. The summed E-state index contributed by atoms with van der Waals surface area (Å²) in [5, 5.41) is 10.7. The molecule has 1 unspecified atom stereocenters. The van der Waals surface area contributed by atoms with Crippen molar-refractivity contribution in [2.24, 2.45) is 5.92 Å². The summed E-state index contributed by atoms with van der Waals surface area (Å²) in [5.41, 5.74) is 0. The molecule has 0 saturated carbocycles. The summed E-state index contributed by atoms with van der Waals surface area (Å²) in [5.74, 6) is 0.295. The number of hydrogen-bond donors (Lipinski definition) is 1. The topological polar surface area (TPSA) is 57.6 Å². The average molecular weight is 275 g/mol. The molecule has 1 atom stereocenters. The third-order valence-electron chi connectivity index (χ3n) is 3.11. The first kappa shape index (κ1) is 13.0. The SMILES string of the molecule is O=S(=O)(c1cccs1)N1CCCC(CCO)C1. The number of piperidine rings is 1. The largest absolute Gasteiger partial charge is 0.396 e.